The lowest BCUT2D eigenvalue weighted by Crippen LogP contribution is -2.40. The van der Waals surface area contributed by atoms with Gasteiger partial charge in [0.05, 0.1) is 36.1 Å². The second kappa shape index (κ2) is 12.7. The minimum Gasteiger partial charge on any atom is -0.378 e. The first kappa shape index (κ1) is 26.6. The van der Waals surface area contributed by atoms with Gasteiger partial charge in [-0.1, -0.05) is 41.6 Å². The van der Waals surface area contributed by atoms with E-state index < -0.39 is 0 Å². The Kier molecular flexibility index (Phi) is 9.15. The van der Waals surface area contributed by atoms with E-state index in [1.807, 2.05) is 11.5 Å². The Hall–Kier alpha value is -3.41. The van der Waals surface area contributed by atoms with Crippen LogP contribution in [0.2, 0.25) is 5.02 Å². The molecule has 0 atom stereocenters. The molecule has 1 aromatic heterocycles. The van der Waals surface area contributed by atoms with E-state index in [2.05, 4.69) is 20.8 Å². The zero-order chi connectivity index (χ0) is 26.2. The lowest BCUT2D eigenvalue weighted by Gasteiger charge is -2.27. The number of carbonyl (C=O) groups excluding carboxylic acids is 3. The molecule has 194 valence electrons. The fourth-order valence-electron chi connectivity index (χ4n) is 3.78. The molecule has 12 heteroatoms. The van der Waals surface area contributed by atoms with Crippen LogP contribution in [0.1, 0.15) is 33.5 Å². The Morgan fingerprint density at radius 2 is 1.86 bits per heavy atom. The molecule has 2 aromatic carbocycles. The predicted octanol–water partition coefficient (Wildman–Crippen LogP) is 3.08. The highest BCUT2D eigenvalue weighted by Gasteiger charge is 2.19. The number of ether oxygens (including phenoxy) is 1. The Labute approximate surface area is 223 Å². The molecule has 0 radical (unpaired) electrons. The maximum absolute atomic E-state index is 12.7. The molecule has 0 aliphatic carbocycles. The average molecular weight is 543 g/mol. The molecule has 10 nitrogen and oxygen atoms in total. The van der Waals surface area contributed by atoms with Gasteiger partial charge in [-0.15, -0.1) is 10.2 Å². The van der Waals surface area contributed by atoms with Gasteiger partial charge in [-0.25, -0.2) is 0 Å². The third-order valence-electron chi connectivity index (χ3n) is 5.66. The summed E-state index contributed by atoms with van der Waals surface area (Å²) < 4.78 is 7.14. The van der Waals surface area contributed by atoms with Crippen molar-refractivity contribution in [1.82, 2.24) is 25.0 Å². The zero-order valence-corrected chi connectivity index (χ0v) is 21.8. The van der Waals surface area contributed by atoms with Crippen molar-refractivity contribution in [2.75, 3.05) is 37.4 Å². The van der Waals surface area contributed by atoms with Gasteiger partial charge in [-0.05, 0) is 37.3 Å². The Bertz CT molecular complexity index is 1280. The van der Waals surface area contributed by atoms with Gasteiger partial charge < -0.3 is 24.8 Å². The zero-order valence-electron chi connectivity index (χ0n) is 20.3. The highest BCUT2D eigenvalue weighted by Crippen LogP contribution is 2.19. The topological polar surface area (TPSA) is 118 Å². The van der Waals surface area contributed by atoms with Crippen LogP contribution in [0.15, 0.2) is 53.7 Å². The summed E-state index contributed by atoms with van der Waals surface area (Å²) in [6, 6.07) is 13.7. The van der Waals surface area contributed by atoms with Crippen LogP contribution in [-0.2, 0) is 22.6 Å². The lowest BCUT2D eigenvalue weighted by molar-refractivity contribution is -0.113. The van der Waals surface area contributed by atoms with Crippen molar-refractivity contribution in [2.24, 2.45) is 0 Å². The molecule has 0 spiro atoms. The number of halogens is 1. The largest absolute Gasteiger partial charge is 0.378 e. The van der Waals surface area contributed by atoms with Crippen LogP contribution in [0.4, 0.5) is 5.69 Å². The van der Waals surface area contributed by atoms with Crippen LogP contribution >= 0.6 is 23.4 Å². The maximum atomic E-state index is 12.7. The quantitative estimate of drug-likeness (QED) is 0.399. The molecule has 3 aromatic rings. The first-order chi connectivity index (χ1) is 18.0. The smallest absolute Gasteiger partial charge is 0.254 e. The summed E-state index contributed by atoms with van der Waals surface area (Å²) in [7, 11) is 0. The number of hydrogen-bond acceptors (Lipinski definition) is 7. The van der Waals surface area contributed by atoms with Crippen molar-refractivity contribution < 1.29 is 19.1 Å². The summed E-state index contributed by atoms with van der Waals surface area (Å²) in [5, 5.41) is 14.9. The van der Waals surface area contributed by atoms with E-state index >= 15 is 0 Å². The van der Waals surface area contributed by atoms with Gasteiger partial charge in [0.1, 0.15) is 0 Å². The van der Waals surface area contributed by atoms with E-state index in [1.165, 1.54) is 11.8 Å². The number of anilines is 1. The minimum atomic E-state index is -0.306. The number of nitrogens with one attached hydrogen (secondary N) is 2. The molecule has 0 saturated carbocycles. The van der Waals surface area contributed by atoms with Crippen LogP contribution in [0.3, 0.4) is 0 Å². The summed E-state index contributed by atoms with van der Waals surface area (Å²) in [5.41, 5.74) is 1.44. The van der Waals surface area contributed by atoms with E-state index in [0.29, 0.717) is 65.7 Å². The predicted molar refractivity (Wildman–Crippen MR) is 141 cm³/mol. The first-order valence-corrected chi connectivity index (χ1v) is 13.2. The molecule has 2 N–H and O–H groups in total. The van der Waals surface area contributed by atoms with Crippen LogP contribution in [0.5, 0.6) is 0 Å². The molecule has 1 aliphatic rings. The number of thioether (sulfide) groups is 1. The second-order valence-corrected chi connectivity index (χ2v) is 9.48. The van der Waals surface area contributed by atoms with Gasteiger partial charge in [-0.2, -0.15) is 0 Å². The number of amides is 3. The summed E-state index contributed by atoms with van der Waals surface area (Å²) in [4.78, 5) is 39.5. The number of benzene rings is 2. The summed E-state index contributed by atoms with van der Waals surface area (Å²) in [6.45, 7) is 4.82. The van der Waals surface area contributed by atoms with Gasteiger partial charge >= 0.3 is 0 Å². The van der Waals surface area contributed by atoms with Crippen LogP contribution < -0.4 is 10.6 Å². The molecule has 0 bridgehead atoms. The number of nitrogens with zero attached hydrogens (tertiary/aromatic N) is 4. The maximum Gasteiger partial charge on any atom is 0.254 e. The molecule has 0 unspecified atom stereocenters. The summed E-state index contributed by atoms with van der Waals surface area (Å²) in [5.74, 6) is 0.0460. The molecule has 1 aliphatic heterocycles. The summed E-state index contributed by atoms with van der Waals surface area (Å²) >= 11 is 7.33. The normalized spacial score (nSPS) is 13.3. The van der Waals surface area contributed by atoms with Gasteiger partial charge in [-0.3, -0.25) is 14.4 Å². The summed E-state index contributed by atoms with van der Waals surface area (Å²) in [6.07, 6.45) is 0. The van der Waals surface area contributed by atoms with Crippen LogP contribution in [0, 0.1) is 0 Å². The Morgan fingerprint density at radius 1 is 1.08 bits per heavy atom. The molecule has 1 saturated heterocycles. The fraction of sp³-hybridized carbons (Fsp3) is 0.320. The number of morpholine rings is 1. The Balaban J connectivity index is 1.31. The van der Waals surface area contributed by atoms with Crippen molar-refractivity contribution in [3.8, 4) is 0 Å². The van der Waals surface area contributed by atoms with E-state index in [4.69, 9.17) is 16.3 Å². The van der Waals surface area contributed by atoms with Crippen LogP contribution in [0.25, 0.3) is 0 Å². The van der Waals surface area contributed by atoms with Crippen molar-refractivity contribution in [3.63, 3.8) is 0 Å². The second-order valence-electron chi connectivity index (χ2n) is 8.13. The van der Waals surface area contributed by atoms with Gasteiger partial charge in [0.2, 0.25) is 5.91 Å². The van der Waals surface area contributed by atoms with E-state index in [1.54, 1.807) is 53.4 Å². The minimum absolute atomic E-state index is 0.0843. The molecular formula is C25H27ClN6O4S. The van der Waals surface area contributed by atoms with Crippen molar-refractivity contribution >= 4 is 46.8 Å². The third-order valence-corrected chi connectivity index (χ3v) is 6.96. The molecular weight excluding hydrogens is 516 g/mol. The fourth-order valence-corrected chi connectivity index (χ4v) is 4.82. The number of aromatic nitrogens is 3. The standard InChI is InChI=1S/C25H27ClN6O4S/c1-2-32-21(15-27-23(34)19-8-3-4-9-20(19)26)29-30-25(32)37-16-22(33)28-18-7-5-6-17(14-18)24(35)31-10-12-36-13-11-31/h3-9,14H,2,10-13,15-16H2,1H3,(H,27,34)(H,28,33). The third kappa shape index (κ3) is 6.88. The highest BCUT2D eigenvalue weighted by molar-refractivity contribution is 7.99. The lowest BCUT2D eigenvalue weighted by atomic mass is 10.1. The number of hydrogen-bond donors (Lipinski definition) is 2. The molecule has 3 amide bonds. The highest BCUT2D eigenvalue weighted by atomic mass is 35.5. The van der Waals surface area contributed by atoms with Crippen molar-refractivity contribution in [2.45, 2.75) is 25.2 Å². The monoisotopic (exact) mass is 542 g/mol. The average Bonchev–Trinajstić information content (AvgIpc) is 3.32. The number of rotatable bonds is 9. The molecule has 1 fully saturated rings. The first-order valence-electron chi connectivity index (χ1n) is 11.8. The molecule has 4 rings (SSSR count). The van der Waals surface area contributed by atoms with Crippen LogP contribution in [-0.4, -0.2) is 69.4 Å². The Morgan fingerprint density at radius 3 is 2.62 bits per heavy atom. The van der Waals surface area contributed by atoms with E-state index in [0.717, 1.165) is 0 Å². The number of carbonyl (C=O) groups is 3. The van der Waals surface area contributed by atoms with E-state index in [-0.39, 0.29) is 30.0 Å². The molecule has 37 heavy (non-hydrogen) atoms. The van der Waals surface area contributed by atoms with E-state index in [9.17, 15) is 14.4 Å². The molecule has 2 heterocycles. The van der Waals surface area contributed by atoms with Gasteiger partial charge in [0, 0.05) is 30.9 Å². The van der Waals surface area contributed by atoms with Crippen molar-refractivity contribution in [1.29, 1.82) is 0 Å². The van der Waals surface area contributed by atoms with Gasteiger partial charge in [0.25, 0.3) is 11.8 Å². The van der Waals surface area contributed by atoms with Gasteiger partial charge in [0.15, 0.2) is 11.0 Å². The SMILES string of the molecule is CCn1c(CNC(=O)c2ccccc2Cl)nnc1SCC(=O)Nc1cccc(C(=O)N2CCOCC2)c1. The van der Waals surface area contributed by atoms with Crippen molar-refractivity contribution in [3.05, 3.63) is 70.5 Å².